The van der Waals surface area contributed by atoms with Crippen LogP contribution < -0.4 is 5.32 Å². The maximum atomic E-state index is 14.1. The Hall–Kier alpha value is -2.99. The van der Waals surface area contributed by atoms with Crippen molar-refractivity contribution in [2.24, 2.45) is 0 Å². The molecule has 0 saturated carbocycles. The highest BCUT2D eigenvalue weighted by Crippen LogP contribution is 2.38. The summed E-state index contributed by atoms with van der Waals surface area (Å²) in [6.45, 7) is 3.76. The van der Waals surface area contributed by atoms with Gasteiger partial charge in [0.25, 0.3) is 5.91 Å². The Morgan fingerprint density at radius 3 is 2.57 bits per heavy atom. The number of hydrogen-bond acceptors (Lipinski definition) is 3. The van der Waals surface area contributed by atoms with Gasteiger partial charge in [-0.25, -0.2) is 4.39 Å². The van der Waals surface area contributed by atoms with Gasteiger partial charge in [0.2, 0.25) is 5.91 Å². The van der Waals surface area contributed by atoms with Gasteiger partial charge in [0.15, 0.2) is 0 Å². The Kier molecular flexibility index (Phi) is 4.73. The number of carbonyl (C=O) groups is 2. The number of halogens is 1. The zero-order valence-corrected chi connectivity index (χ0v) is 16.3. The minimum absolute atomic E-state index is 0.106. The molecule has 6 heteroatoms. The van der Waals surface area contributed by atoms with Crippen LogP contribution in [0.1, 0.15) is 38.0 Å². The number of carbonyl (C=O) groups excluding carboxylic acids is 2. The van der Waals surface area contributed by atoms with Gasteiger partial charge in [-0.2, -0.15) is 0 Å². The van der Waals surface area contributed by atoms with E-state index in [0.717, 1.165) is 16.0 Å². The quantitative estimate of drug-likeness (QED) is 0.686. The van der Waals surface area contributed by atoms with E-state index in [0.29, 0.717) is 16.8 Å². The van der Waals surface area contributed by atoms with Crippen molar-refractivity contribution in [3.05, 3.63) is 86.9 Å². The highest BCUT2D eigenvalue weighted by Gasteiger charge is 2.34. The zero-order valence-electron chi connectivity index (χ0n) is 15.5. The van der Waals surface area contributed by atoms with Crippen molar-refractivity contribution in [2.45, 2.75) is 19.9 Å². The molecule has 1 aromatic heterocycles. The van der Waals surface area contributed by atoms with Crippen LogP contribution in [0.15, 0.2) is 53.9 Å². The van der Waals surface area contributed by atoms with Gasteiger partial charge in [-0.3, -0.25) is 9.59 Å². The standard InChI is InChI=1S/C22H19FN2O2S/c1-13-8-14(2)10-15(9-13)22(27)25-12-20(26)24-18-6-5-16(23)11-17(18)21(25)19-4-3-7-28-19/h3-11,21H,12H2,1-2H3,(H,24,26). The smallest absolute Gasteiger partial charge is 0.255 e. The number of amides is 2. The fraction of sp³-hybridized carbons (Fsp3) is 0.182. The van der Waals surface area contributed by atoms with Gasteiger partial charge in [-0.1, -0.05) is 23.3 Å². The molecule has 1 unspecified atom stereocenters. The zero-order chi connectivity index (χ0) is 19.8. The molecule has 2 amide bonds. The lowest BCUT2D eigenvalue weighted by atomic mass is 10.00. The first-order chi connectivity index (χ1) is 13.4. The number of fused-ring (bicyclic) bond motifs is 1. The Balaban J connectivity index is 1.88. The molecule has 28 heavy (non-hydrogen) atoms. The lowest BCUT2D eigenvalue weighted by Gasteiger charge is -2.29. The molecule has 3 aromatic rings. The SMILES string of the molecule is Cc1cc(C)cc(C(=O)N2CC(=O)Nc3ccc(F)cc3C2c2cccs2)c1. The van der Waals surface area contributed by atoms with Crippen LogP contribution in [-0.4, -0.2) is 23.3 Å². The normalized spacial score (nSPS) is 16.3. The fourth-order valence-electron chi connectivity index (χ4n) is 3.68. The molecule has 2 heterocycles. The van der Waals surface area contributed by atoms with Crippen molar-refractivity contribution in [1.82, 2.24) is 4.90 Å². The van der Waals surface area contributed by atoms with Crippen molar-refractivity contribution < 1.29 is 14.0 Å². The summed E-state index contributed by atoms with van der Waals surface area (Å²) in [4.78, 5) is 28.4. The summed E-state index contributed by atoms with van der Waals surface area (Å²) in [6.07, 6.45) is 0. The molecule has 4 rings (SSSR count). The van der Waals surface area contributed by atoms with Crippen LogP contribution >= 0.6 is 11.3 Å². The number of hydrogen-bond donors (Lipinski definition) is 1. The fourth-order valence-corrected chi connectivity index (χ4v) is 4.54. The topological polar surface area (TPSA) is 49.4 Å². The Bertz CT molecular complexity index is 1040. The average molecular weight is 394 g/mol. The average Bonchev–Trinajstić information content (AvgIpc) is 3.11. The van der Waals surface area contributed by atoms with Gasteiger partial charge in [-0.15, -0.1) is 11.3 Å². The molecule has 142 valence electrons. The summed E-state index contributed by atoms with van der Waals surface area (Å²) in [6, 6.07) is 13.1. The van der Waals surface area contributed by atoms with Crippen molar-refractivity contribution in [2.75, 3.05) is 11.9 Å². The van der Waals surface area contributed by atoms with E-state index >= 15 is 0 Å². The van der Waals surface area contributed by atoms with Crippen LogP contribution in [0.25, 0.3) is 0 Å². The first-order valence-electron chi connectivity index (χ1n) is 8.94. The van der Waals surface area contributed by atoms with Gasteiger partial charge in [0, 0.05) is 21.7 Å². The minimum Gasteiger partial charge on any atom is -0.324 e. The number of nitrogens with zero attached hydrogens (tertiary/aromatic N) is 1. The predicted octanol–water partition coefficient (Wildman–Crippen LogP) is 4.69. The summed E-state index contributed by atoms with van der Waals surface area (Å²) in [5.41, 5.74) is 3.57. The summed E-state index contributed by atoms with van der Waals surface area (Å²) in [5, 5.41) is 4.72. The molecule has 0 fully saturated rings. The van der Waals surface area contributed by atoms with Crippen LogP contribution in [0, 0.1) is 19.7 Å². The molecule has 2 aromatic carbocycles. The molecule has 1 N–H and O–H groups in total. The predicted molar refractivity (Wildman–Crippen MR) is 108 cm³/mol. The van der Waals surface area contributed by atoms with Crippen molar-refractivity contribution in [1.29, 1.82) is 0 Å². The van der Waals surface area contributed by atoms with Crippen molar-refractivity contribution in [3.63, 3.8) is 0 Å². The Morgan fingerprint density at radius 1 is 1.14 bits per heavy atom. The van der Waals surface area contributed by atoms with Crippen LogP contribution in [0.3, 0.4) is 0 Å². The van der Waals surface area contributed by atoms with E-state index in [1.165, 1.54) is 28.4 Å². The number of benzene rings is 2. The minimum atomic E-state index is -0.544. The first-order valence-corrected chi connectivity index (χ1v) is 9.82. The van der Waals surface area contributed by atoms with E-state index in [9.17, 15) is 14.0 Å². The maximum absolute atomic E-state index is 14.1. The summed E-state index contributed by atoms with van der Waals surface area (Å²) in [5.74, 6) is -0.961. The second-order valence-electron chi connectivity index (χ2n) is 7.01. The molecule has 0 saturated heterocycles. The van der Waals surface area contributed by atoms with Crippen molar-refractivity contribution >= 4 is 28.8 Å². The summed E-state index contributed by atoms with van der Waals surface area (Å²) >= 11 is 1.48. The third kappa shape index (κ3) is 3.43. The molecule has 0 radical (unpaired) electrons. The van der Waals surface area contributed by atoms with Gasteiger partial charge < -0.3 is 10.2 Å². The van der Waals surface area contributed by atoms with E-state index in [1.807, 2.05) is 49.6 Å². The van der Waals surface area contributed by atoms with Crippen LogP contribution in [0.4, 0.5) is 10.1 Å². The summed E-state index contributed by atoms with van der Waals surface area (Å²) < 4.78 is 14.1. The number of thiophene rings is 1. The lowest BCUT2D eigenvalue weighted by Crippen LogP contribution is -2.38. The maximum Gasteiger partial charge on any atom is 0.255 e. The molecular weight excluding hydrogens is 375 g/mol. The number of anilines is 1. The first kappa shape index (κ1) is 18.4. The van der Waals surface area contributed by atoms with E-state index in [-0.39, 0.29) is 18.4 Å². The molecule has 1 aliphatic heterocycles. The molecule has 0 bridgehead atoms. The lowest BCUT2D eigenvalue weighted by molar-refractivity contribution is -0.117. The van der Waals surface area contributed by atoms with E-state index in [1.54, 1.807) is 6.07 Å². The van der Waals surface area contributed by atoms with Gasteiger partial charge in [-0.05, 0) is 55.6 Å². The third-order valence-corrected chi connectivity index (χ3v) is 5.67. The second kappa shape index (κ2) is 7.20. The second-order valence-corrected chi connectivity index (χ2v) is 7.99. The summed E-state index contributed by atoms with van der Waals surface area (Å²) in [7, 11) is 0. The molecule has 1 aliphatic rings. The van der Waals surface area contributed by atoms with E-state index in [4.69, 9.17) is 0 Å². The third-order valence-electron chi connectivity index (χ3n) is 4.75. The van der Waals surface area contributed by atoms with Gasteiger partial charge >= 0.3 is 0 Å². The number of nitrogens with one attached hydrogen (secondary N) is 1. The Labute approximate surface area is 166 Å². The van der Waals surface area contributed by atoms with E-state index < -0.39 is 11.9 Å². The molecule has 0 aliphatic carbocycles. The highest BCUT2D eigenvalue weighted by atomic mass is 32.1. The molecule has 4 nitrogen and oxygen atoms in total. The molecule has 1 atom stereocenters. The van der Waals surface area contributed by atoms with E-state index in [2.05, 4.69) is 5.32 Å². The van der Waals surface area contributed by atoms with Crippen LogP contribution in [0.5, 0.6) is 0 Å². The largest absolute Gasteiger partial charge is 0.324 e. The molecule has 0 spiro atoms. The Morgan fingerprint density at radius 2 is 1.89 bits per heavy atom. The number of aryl methyl sites for hydroxylation is 2. The van der Waals surface area contributed by atoms with Crippen LogP contribution in [-0.2, 0) is 4.79 Å². The van der Waals surface area contributed by atoms with Gasteiger partial charge in [0.1, 0.15) is 12.4 Å². The van der Waals surface area contributed by atoms with Gasteiger partial charge in [0.05, 0.1) is 6.04 Å². The van der Waals surface area contributed by atoms with Crippen LogP contribution in [0.2, 0.25) is 0 Å². The number of rotatable bonds is 2. The molecular formula is C22H19FN2O2S. The monoisotopic (exact) mass is 394 g/mol. The highest BCUT2D eigenvalue weighted by molar-refractivity contribution is 7.10. The van der Waals surface area contributed by atoms with Crippen molar-refractivity contribution in [3.8, 4) is 0 Å².